The molecular formula is C40H48O7. The first-order chi connectivity index (χ1) is 22.7. The van der Waals surface area contributed by atoms with E-state index in [0.717, 1.165) is 0 Å². The van der Waals surface area contributed by atoms with Crippen LogP contribution in [0.1, 0.15) is 95.3 Å². The van der Waals surface area contributed by atoms with E-state index >= 15 is 0 Å². The highest BCUT2D eigenvalue weighted by Gasteiger charge is 2.53. The Morgan fingerprint density at radius 2 is 0.979 bits per heavy atom. The van der Waals surface area contributed by atoms with E-state index in [1.807, 2.05) is 39.8 Å². The van der Waals surface area contributed by atoms with Gasteiger partial charge in [-0.05, 0) is 42.5 Å². The van der Waals surface area contributed by atoms with Crippen molar-refractivity contribution in [2.24, 2.45) is 0 Å². The number of phenols is 4. The van der Waals surface area contributed by atoms with Gasteiger partial charge in [0, 0.05) is 39.6 Å². The Balaban J connectivity index is 0.000000292. The summed E-state index contributed by atoms with van der Waals surface area (Å²) >= 11 is 0. The Kier molecular flexibility index (Phi) is 14.6. The third kappa shape index (κ3) is 8.17. The van der Waals surface area contributed by atoms with E-state index < -0.39 is 11.6 Å². The molecule has 1 spiro atoms. The first-order valence-electron chi connectivity index (χ1n) is 16.3. The Labute approximate surface area is 278 Å². The number of hydrogen-bond acceptors (Lipinski definition) is 7. The van der Waals surface area contributed by atoms with Crippen LogP contribution in [0.25, 0.3) is 10.8 Å². The highest BCUT2D eigenvalue weighted by Crippen LogP contribution is 2.56. The summed E-state index contributed by atoms with van der Waals surface area (Å²) in [6, 6.07) is 26.7. The lowest BCUT2D eigenvalue weighted by molar-refractivity contribution is 0.0224. The molecule has 0 bridgehead atoms. The minimum Gasteiger partial charge on any atom is -0.508 e. The zero-order valence-corrected chi connectivity index (χ0v) is 28.7. The van der Waals surface area contributed by atoms with Gasteiger partial charge in [-0.25, -0.2) is 4.79 Å². The molecule has 0 aliphatic carbocycles. The van der Waals surface area contributed by atoms with E-state index in [1.54, 1.807) is 60.7 Å². The molecule has 2 heterocycles. The Morgan fingerprint density at radius 3 is 1.43 bits per heavy atom. The number of esters is 1. The summed E-state index contributed by atoms with van der Waals surface area (Å²) in [4.78, 5) is 12.5. The summed E-state index contributed by atoms with van der Waals surface area (Å²) in [5.74, 6) is 0.803. The highest BCUT2D eigenvalue weighted by atomic mass is 16.6. The van der Waals surface area contributed by atoms with Crippen molar-refractivity contribution < 1.29 is 34.7 Å². The van der Waals surface area contributed by atoms with Crippen LogP contribution in [-0.2, 0) is 10.3 Å². The zero-order chi connectivity index (χ0) is 35.1. The van der Waals surface area contributed by atoms with Crippen LogP contribution in [0.4, 0.5) is 0 Å². The van der Waals surface area contributed by atoms with E-state index in [9.17, 15) is 25.2 Å². The predicted octanol–water partition coefficient (Wildman–Crippen LogP) is 10.8. The van der Waals surface area contributed by atoms with Crippen LogP contribution < -0.4 is 4.74 Å². The zero-order valence-electron chi connectivity index (χ0n) is 28.7. The van der Waals surface area contributed by atoms with Crippen molar-refractivity contribution in [2.75, 3.05) is 0 Å². The second-order valence-corrected chi connectivity index (χ2v) is 10.1. The molecule has 0 fully saturated rings. The third-order valence-electron chi connectivity index (χ3n) is 6.56. The van der Waals surface area contributed by atoms with Gasteiger partial charge in [0.25, 0.3) is 0 Å². The van der Waals surface area contributed by atoms with E-state index in [2.05, 4.69) is 27.7 Å². The summed E-state index contributed by atoms with van der Waals surface area (Å²) in [6.07, 6.45) is 2.50. The fourth-order valence-electron chi connectivity index (χ4n) is 4.93. The van der Waals surface area contributed by atoms with Crippen LogP contribution in [0, 0.1) is 0 Å². The normalized spacial score (nSPS) is 12.0. The van der Waals surface area contributed by atoms with Gasteiger partial charge in [0.05, 0.1) is 5.56 Å². The fraction of sp³-hybridized carbons (Fsp3) is 0.275. The fourth-order valence-corrected chi connectivity index (χ4v) is 4.93. The molecule has 7 heteroatoms. The molecular weight excluding hydrogens is 592 g/mol. The summed E-state index contributed by atoms with van der Waals surface area (Å²) in [5.41, 5.74) is 1.28. The lowest BCUT2D eigenvalue weighted by Gasteiger charge is -2.36. The van der Waals surface area contributed by atoms with E-state index in [4.69, 9.17) is 9.47 Å². The maximum atomic E-state index is 12.5. The summed E-state index contributed by atoms with van der Waals surface area (Å²) < 4.78 is 11.8. The number of aromatic hydroxyl groups is 4. The molecule has 0 saturated heterocycles. The average molecular weight is 641 g/mol. The number of phenolic OH excluding ortho intramolecular Hbond substituents is 4. The van der Waals surface area contributed by atoms with Gasteiger partial charge in [0.15, 0.2) is 5.60 Å². The number of carbonyl (C=O) groups is 1. The van der Waals surface area contributed by atoms with Gasteiger partial charge >= 0.3 is 5.97 Å². The van der Waals surface area contributed by atoms with Crippen LogP contribution in [0.5, 0.6) is 34.5 Å². The van der Waals surface area contributed by atoms with Crippen LogP contribution in [-0.4, -0.2) is 26.4 Å². The van der Waals surface area contributed by atoms with Crippen LogP contribution in [0.15, 0.2) is 97.1 Å². The molecule has 0 unspecified atom stereocenters. The van der Waals surface area contributed by atoms with Crippen LogP contribution in [0.3, 0.4) is 0 Å². The van der Waals surface area contributed by atoms with Gasteiger partial charge in [0.2, 0.25) is 0 Å². The standard InChI is InChI=1S/C20H12O5.C10H8O2.2C3H8.2C2H6/c21-11-5-7-15-17(9-11)24-18-10-12(22)6-8-16(18)20(15)14-4-2-1-3-13(14)19(23)25-20;11-9-5-1-3-7-8(9)4-2-6-10(7)12;2*1-3-2;2*1-2/h1-10,21-22H;1-6,11-12H;2*3H2,1-2H3;2*1-2H3. The molecule has 2 aliphatic rings. The van der Waals surface area contributed by atoms with Crippen molar-refractivity contribution >= 4 is 16.7 Å². The van der Waals surface area contributed by atoms with Crippen LogP contribution >= 0.6 is 0 Å². The Morgan fingerprint density at radius 1 is 0.553 bits per heavy atom. The number of rotatable bonds is 0. The molecule has 2 aliphatic heterocycles. The molecule has 7 rings (SSSR count). The quantitative estimate of drug-likeness (QED) is 0.124. The Hall–Kier alpha value is -5.17. The van der Waals surface area contributed by atoms with Gasteiger partial charge in [-0.1, -0.05) is 111 Å². The number of ether oxygens (including phenoxy) is 2. The summed E-state index contributed by atoms with van der Waals surface area (Å²) in [6.45, 7) is 16.5. The Bertz CT molecular complexity index is 1650. The van der Waals surface area contributed by atoms with E-state index in [-0.39, 0.29) is 23.0 Å². The topological polar surface area (TPSA) is 116 Å². The first-order valence-corrected chi connectivity index (χ1v) is 16.3. The molecule has 4 N–H and O–H groups in total. The van der Waals surface area contributed by atoms with E-state index in [0.29, 0.717) is 44.5 Å². The summed E-state index contributed by atoms with van der Waals surface area (Å²) in [5, 5.41) is 39.8. The second kappa shape index (κ2) is 18.1. The van der Waals surface area contributed by atoms with Gasteiger partial charge in [-0.2, -0.15) is 0 Å². The molecule has 0 saturated carbocycles. The van der Waals surface area contributed by atoms with Crippen molar-refractivity contribution in [1.82, 2.24) is 0 Å². The monoisotopic (exact) mass is 640 g/mol. The number of carbonyl (C=O) groups excluding carboxylic acids is 1. The van der Waals surface area contributed by atoms with Crippen molar-refractivity contribution in [3.8, 4) is 34.5 Å². The molecule has 250 valence electrons. The van der Waals surface area contributed by atoms with E-state index in [1.165, 1.54) is 37.1 Å². The number of fused-ring (bicyclic) bond motifs is 7. The van der Waals surface area contributed by atoms with Crippen molar-refractivity contribution in [2.45, 2.75) is 73.8 Å². The molecule has 0 amide bonds. The number of benzene rings is 5. The van der Waals surface area contributed by atoms with Gasteiger partial charge < -0.3 is 29.9 Å². The molecule has 0 aromatic heterocycles. The SMILES string of the molecule is CC.CC.CCC.CCC.O=C1OC2(c3ccc(O)cc3Oc3cc(O)ccc32)c2ccccc21.Oc1cccc2c(O)cccc12. The van der Waals surface area contributed by atoms with Gasteiger partial charge in [0.1, 0.15) is 34.5 Å². The van der Waals surface area contributed by atoms with Crippen LogP contribution in [0.2, 0.25) is 0 Å². The molecule has 7 nitrogen and oxygen atoms in total. The molecule has 5 aromatic carbocycles. The number of hydrogen-bond donors (Lipinski definition) is 4. The maximum Gasteiger partial charge on any atom is 0.340 e. The highest BCUT2D eigenvalue weighted by molar-refractivity contribution is 5.97. The largest absolute Gasteiger partial charge is 0.508 e. The van der Waals surface area contributed by atoms with Gasteiger partial charge in [-0.15, -0.1) is 0 Å². The average Bonchev–Trinajstić information content (AvgIpc) is 3.37. The maximum absolute atomic E-state index is 12.5. The second-order valence-electron chi connectivity index (χ2n) is 10.1. The van der Waals surface area contributed by atoms with Crippen molar-refractivity contribution in [3.63, 3.8) is 0 Å². The summed E-state index contributed by atoms with van der Waals surface area (Å²) in [7, 11) is 0. The third-order valence-corrected chi connectivity index (χ3v) is 6.56. The van der Waals surface area contributed by atoms with Crippen molar-refractivity contribution in [3.05, 3.63) is 119 Å². The van der Waals surface area contributed by atoms with Gasteiger partial charge in [-0.3, -0.25) is 0 Å². The molecule has 5 aromatic rings. The van der Waals surface area contributed by atoms with Crippen molar-refractivity contribution in [1.29, 1.82) is 0 Å². The molecule has 0 radical (unpaired) electrons. The predicted molar refractivity (Wildman–Crippen MR) is 190 cm³/mol. The first kappa shape index (κ1) is 38.0. The minimum absolute atomic E-state index is 0.0371. The minimum atomic E-state index is -1.17. The smallest absolute Gasteiger partial charge is 0.340 e. The lowest BCUT2D eigenvalue weighted by Crippen LogP contribution is -2.32. The lowest BCUT2D eigenvalue weighted by atomic mass is 9.77. The molecule has 0 atom stereocenters. The molecule has 47 heavy (non-hydrogen) atoms.